The third-order valence-electron chi connectivity index (χ3n) is 4.45. The lowest BCUT2D eigenvalue weighted by Crippen LogP contribution is -2.28. The molecule has 0 bridgehead atoms. The Labute approximate surface area is 159 Å². The monoisotopic (exact) mass is 390 g/mol. The van der Waals surface area contributed by atoms with Crippen molar-refractivity contribution in [2.24, 2.45) is 0 Å². The number of anilines is 1. The topological polar surface area (TPSA) is 84.7 Å². The number of carbonyl (C=O) groups is 1. The number of imidazole rings is 1. The van der Waals surface area contributed by atoms with Crippen LogP contribution in [0.15, 0.2) is 24.7 Å². The molecular formula is C17H19FN6O2S. The fourth-order valence-corrected chi connectivity index (χ4v) is 4.12. The molecule has 4 heterocycles. The average Bonchev–Trinajstić information content (AvgIpc) is 3.25. The predicted octanol–water partition coefficient (Wildman–Crippen LogP) is 2.33. The number of halogens is 1. The van der Waals surface area contributed by atoms with Crippen LogP contribution in [0.3, 0.4) is 0 Å². The van der Waals surface area contributed by atoms with Crippen LogP contribution in [0.4, 0.5) is 9.52 Å². The van der Waals surface area contributed by atoms with Crippen LogP contribution < -0.4 is 10.1 Å². The molecule has 1 N–H and O–H groups in total. The fraction of sp³-hybridized carbons (Fsp3) is 0.412. The Morgan fingerprint density at radius 1 is 1.48 bits per heavy atom. The van der Waals surface area contributed by atoms with E-state index in [0.717, 1.165) is 17.8 Å². The standard InChI is InChI=1S/C17H19FN6O2S/c1-10-6-12(26-14-9-23-5-3-4-19-16(23)21-14)7-24(10)8-13-15(18)22-17(27-13)20-11(2)25/h3-5,9-10,12H,6-8H2,1-2H3,(H,20,22,25)/t10-,12+/m0/s1. The molecule has 0 unspecified atom stereocenters. The van der Waals surface area contributed by atoms with E-state index >= 15 is 0 Å². The second kappa shape index (κ2) is 7.20. The van der Waals surface area contributed by atoms with Crippen LogP contribution in [0, 0.1) is 5.95 Å². The Bertz CT molecular complexity index is 940. The predicted molar refractivity (Wildman–Crippen MR) is 98.3 cm³/mol. The molecule has 2 atom stereocenters. The van der Waals surface area contributed by atoms with E-state index in [2.05, 4.69) is 32.1 Å². The van der Waals surface area contributed by atoms with E-state index in [-0.39, 0.29) is 23.2 Å². The van der Waals surface area contributed by atoms with Gasteiger partial charge in [-0.15, -0.1) is 0 Å². The van der Waals surface area contributed by atoms with Gasteiger partial charge in [0.15, 0.2) is 5.13 Å². The first-order valence-electron chi connectivity index (χ1n) is 8.61. The molecule has 0 aliphatic carbocycles. The van der Waals surface area contributed by atoms with Gasteiger partial charge in [0.2, 0.25) is 23.5 Å². The van der Waals surface area contributed by atoms with E-state index in [0.29, 0.717) is 29.6 Å². The van der Waals surface area contributed by atoms with Crippen LogP contribution in [0.1, 0.15) is 25.1 Å². The maximum atomic E-state index is 14.1. The van der Waals surface area contributed by atoms with Crippen molar-refractivity contribution in [1.29, 1.82) is 0 Å². The first-order valence-corrected chi connectivity index (χ1v) is 9.43. The lowest BCUT2D eigenvalue weighted by molar-refractivity contribution is -0.114. The maximum absolute atomic E-state index is 14.1. The molecule has 1 saturated heterocycles. The van der Waals surface area contributed by atoms with Crippen LogP contribution in [-0.4, -0.2) is 48.9 Å². The van der Waals surface area contributed by atoms with Crippen molar-refractivity contribution >= 4 is 28.2 Å². The molecule has 0 aromatic carbocycles. The molecule has 1 fully saturated rings. The van der Waals surface area contributed by atoms with Gasteiger partial charge in [-0.3, -0.25) is 14.1 Å². The molecule has 142 valence electrons. The summed E-state index contributed by atoms with van der Waals surface area (Å²) in [5.41, 5.74) is 0. The second-order valence-corrected chi connectivity index (χ2v) is 7.66. The van der Waals surface area contributed by atoms with Gasteiger partial charge in [0.25, 0.3) is 0 Å². The third kappa shape index (κ3) is 3.91. The summed E-state index contributed by atoms with van der Waals surface area (Å²) in [6.07, 6.45) is 6.14. The van der Waals surface area contributed by atoms with Gasteiger partial charge in [-0.2, -0.15) is 14.4 Å². The number of hydrogen-bond acceptors (Lipinski definition) is 7. The Morgan fingerprint density at radius 2 is 2.33 bits per heavy atom. The highest BCUT2D eigenvalue weighted by Gasteiger charge is 2.32. The molecule has 3 aromatic rings. The Kier molecular flexibility index (Phi) is 4.75. The van der Waals surface area contributed by atoms with Crippen LogP contribution in [0.25, 0.3) is 5.78 Å². The normalized spacial score (nSPS) is 20.3. The van der Waals surface area contributed by atoms with E-state index in [1.165, 1.54) is 6.92 Å². The highest BCUT2D eigenvalue weighted by molar-refractivity contribution is 7.15. The molecule has 8 nitrogen and oxygen atoms in total. The summed E-state index contributed by atoms with van der Waals surface area (Å²) in [7, 11) is 0. The van der Waals surface area contributed by atoms with Gasteiger partial charge in [0.05, 0.1) is 11.1 Å². The van der Waals surface area contributed by atoms with Gasteiger partial charge in [-0.1, -0.05) is 11.3 Å². The van der Waals surface area contributed by atoms with E-state index in [4.69, 9.17) is 4.74 Å². The Hall–Kier alpha value is -2.59. The van der Waals surface area contributed by atoms with Gasteiger partial charge in [0, 0.05) is 44.9 Å². The summed E-state index contributed by atoms with van der Waals surface area (Å²) < 4.78 is 21.9. The number of hydrogen-bond donors (Lipinski definition) is 1. The number of likely N-dealkylation sites (tertiary alicyclic amines) is 1. The minimum Gasteiger partial charge on any atom is -0.472 e. The highest BCUT2D eigenvalue weighted by Crippen LogP contribution is 2.28. The number of nitrogens with one attached hydrogen (secondary N) is 1. The van der Waals surface area contributed by atoms with Crippen LogP contribution in [0.2, 0.25) is 0 Å². The van der Waals surface area contributed by atoms with E-state index in [1.54, 1.807) is 12.4 Å². The van der Waals surface area contributed by atoms with Crippen molar-refractivity contribution in [3.8, 4) is 5.88 Å². The van der Waals surface area contributed by atoms with Crippen molar-refractivity contribution in [2.75, 3.05) is 11.9 Å². The number of ether oxygens (including phenoxy) is 1. The van der Waals surface area contributed by atoms with Crippen LogP contribution in [-0.2, 0) is 11.3 Å². The summed E-state index contributed by atoms with van der Waals surface area (Å²) in [5, 5.41) is 2.81. The van der Waals surface area contributed by atoms with Gasteiger partial charge < -0.3 is 10.1 Å². The van der Waals surface area contributed by atoms with E-state index < -0.39 is 5.95 Å². The average molecular weight is 390 g/mol. The molecule has 4 rings (SSSR count). The summed E-state index contributed by atoms with van der Waals surface area (Å²) in [4.78, 5) is 26.1. The quantitative estimate of drug-likeness (QED) is 0.720. The zero-order valence-corrected chi connectivity index (χ0v) is 15.7. The minimum absolute atomic E-state index is 0.0318. The number of rotatable bonds is 5. The lowest BCUT2D eigenvalue weighted by atomic mass is 10.2. The first-order chi connectivity index (χ1) is 13.0. The van der Waals surface area contributed by atoms with Gasteiger partial charge in [-0.05, 0) is 13.0 Å². The molecule has 0 spiro atoms. The van der Waals surface area contributed by atoms with Gasteiger partial charge in [0.1, 0.15) is 6.10 Å². The fourth-order valence-electron chi connectivity index (χ4n) is 3.21. The Balaban J connectivity index is 1.41. The lowest BCUT2D eigenvalue weighted by Gasteiger charge is -2.19. The van der Waals surface area contributed by atoms with Gasteiger partial charge >= 0.3 is 0 Å². The van der Waals surface area contributed by atoms with Crippen molar-refractivity contribution in [3.63, 3.8) is 0 Å². The SMILES string of the molecule is CC(=O)Nc1nc(F)c(CN2C[C@H](Oc3cn4cccnc4n3)C[C@@H]2C)s1. The van der Waals surface area contributed by atoms with Crippen molar-refractivity contribution < 1.29 is 13.9 Å². The zero-order chi connectivity index (χ0) is 19.0. The molecule has 0 saturated carbocycles. The van der Waals surface area contributed by atoms with Crippen molar-refractivity contribution in [2.45, 2.75) is 39.0 Å². The molecular weight excluding hydrogens is 371 g/mol. The molecule has 3 aromatic heterocycles. The zero-order valence-electron chi connectivity index (χ0n) is 14.9. The van der Waals surface area contributed by atoms with Crippen molar-refractivity contribution in [3.05, 3.63) is 35.5 Å². The molecule has 27 heavy (non-hydrogen) atoms. The van der Waals surface area contributed by atoms with E-state index in [9.17, 15) is 9.18 Å². The molecule has 1 aliphatic heterocycles. The third-order valence-corrected chi connectivity index (χ3v) is 5.38. The van der Waals surface area contributed by atoms with Gasteiger partial charge in [-0.25, -0.2) is 4.98 Å². The number of carbonyl (C=O) groups excluding carboxylic acids is 1. The molecule has 1 aliphatic rings. The molecule has 0 radical (unpaired) electrons. The Morgan fingerprint density at radius 3 is 3.11 bits per heavy atom. The largest absolute Gasteiger partial charge is 0.472 e. The molecule has 10 heteroatoms. The maximum Gasteiger partial charge on any atom is 0.237 e. The van der Waals surface area contributed by atoms with Crippen LogP contribution >= 0.6 is 11.3 Å². The smallest absolute Gasteiger partial charge is 0.237 e. The minimum atomic E-state index is -0.535. The number of aromatic nitrogens is 4. The summed E-state index contributed by atoms with van der Waals surface area (Å²) in [6, 6.07) is 2.06. The number of fused-ring (bicyclic) bond motifs is 1. The van der Waals surface area contributed by atoms with E-state index in [1.807, 2.05) is 16.7 Å². The number of nitrogens with zero attached hydrogens (tertiary/aromatic N) is 5. The summed E-state index contributed by atoms with van der Waals surface area (Å²) >= 11 is 1.16. The summed E-state index contributed by atoms with van der Waals surface area (Å²) in [5.74, 6) is 0.323. The summed E-state index contributed by atoms with van der Waals surface area (Å²) in [6.45, 7) is 4.55. The first kappa shape index (κ1) is 17.8. The molecule has 1 amide bonds. The number of thiazole rings is 1. The highest BCUT2D eigenvalue weighted by atomic mass is 32.1. The number of amides is 1. The van der Waals surface area contributed by atoms with Crippen LogP contribution in [0.5, 0.6) is 5.88 Å². The second-order valence-electron chi connectivity index (χ2n) is 6.57. The van der Waals surface area contributed by atoms with Crippen molar-refractivity contribution in [1.82, 2.24) is 24.3 Å².